The highest BCUT2D eigenvalue weighted by Crippen LogP contribution is 2.39. The van der Waals surface area contributed by atoms with E-state index in [2.05, 4.69) is 6.92 Å². The van der Waals surface area contributed by atoms with Gasteiger partial charge in [0.2, 0.25) is 0 Å². The van der Waals surface area contributed by atoms with Crippen molar-refractivity contribution < 1.29 is 24.2 Å². The van der Waals surface area contributed by atoms with E-state index in [4.69, 9.17) is 9.47 Å². The average molecular weight is 438 g/mol. The van der Waals surface area contributed by atoms with E-state index >= 15 is 0 Å². The second-order valence-electron chi connectivity index (χ2n) is 8.09. The van der Waals surface area contributed by atoms with Crippen molar-refractivity contribution in [2.75, 3.05) is 20.3 Å². The number of aryl methyl sites for hydroxylation is 1. The van der Waals surface area contributed by atoms with Crippen LogP contribution >= 0.6 is 0 Å². The van der Waals surface area contributed by atoms with Gasteiger partial charge in [-0.2, -0.15) is 0 Å². The van der Waals surface area contributed by atoms with Crippen molar-refractivity contribution >= 4 is 17.4 Å². The maximum atomic E-state index is 13.1. The summed E-state index contributed by atoms with van der Waals surface area (Å²) in [5.41, 5.74) is 2.47. The minimum Gasteiger partial charge on any atom is -0.507 e. The molecule has 0 radical (unpaired) electrons. The lowest BCUT2D eigenvalue weighted by Gasteiger charge is -2.25. The monoisotopic (exact) mass is 437 g/mol. The van der Waals surface area contributed by atoms with Gasteiger partial charge in [-0.1, -0.05) is 43.3 Å². The van der Waals surface area contributed by atoms with Crippen LogP contribution in [-0.4, -0.2) is 48.1 Å². The summed E-state index contributed by atoms with van der Waals surface area (Å²) >= 11 is 0. The number of carbonyl (C=O) groups is 2. The van der Waals surface area contributed by atoms with Gasteiger partial charge in [-0.3, -0.25) is 9.59 Å². The van der Waals surface area contributed by atoms with E-state index in [1.807, 2.05) is 38.1 Å². The fraction of sp³-hybridized carbons (Fsp3) is 0.385. The number of ether oxygens (including phenoxy) is 2. The molecule has 0 aliphatic carbocycles. The molecule has 3 rings (SSSR count). The predicted molar refractivity (Wildman–Crippen MR) is 124 cm³/mol. The highest BCUT2D eigenvalue weighted by atomic mass is 16.5. The second kappa shape index (κ2) is 10.5. The van der Waals surface area contributed by atoms with Crippen LogP contribution in [0.2, 0.25) is 0 Å². The molecule has 0 spiro atoms. The summed E-state index contributed by atoms with van der Waals surface area (Å²) < 4.78 is 10.9. The summed E-state index contributed by atoms with van der Waals surface area (Å²) in [5, 5.41) is 11.1. The normalized spacial score (nSPS) is 17.9. The molecule has 32 heavy (non-hydrogen) atoms. The Bertz CT molecular complexity index is 994. The summed E-state index contributed by atoms with van der Waals surface area (Å²) in [4.78, 5) is 27.6. The van der Waals surface area contributed by atoms with Crippen LogP contribution in [0, 0.1) is 0 Å². The molecular weight excluding hydrogens is 406 g/mol. The molecule has 1 aliphatic heterocycles. The van der Waals surface area contributed by atoms with E-state index < -0.39 is 17.7 Å². The number of benzene rings is 2. The number of amides is 1. The molecule has 1 fully saturated rings. The molecule has 2 aromatic carbocycles. The Kier molecular flexibility index (Phi) is 7.70. The summed E-state index contributed by atoms with van der Waals surface area (Å²) in [6, 6.07) is 14.0. The Balaban J connectivity index is 2.04. The van der Waals surface area contributed by atoms with Crippen LogP contribution in [0.4, 0.5) is 0 Å². The molecule has 0 aromatic heterocycles. The van der Waals surface area contributed by atoms with Gasteiger partial charge in [0.05, 0.1) is 24.8 Å². The number of hydrogen-bond donors (Lipinski definition) is 1. The molecule has 0 saturated carbocycles. The van der Waals surface area contributed by atoms with Gasteiger partial charge in [0.25, 0.3) is 11.7 Å². The number of carbonyl (C=O) groups excluding carboxylic acids is 2. The molecule has 0 bridgehead atoms. The first-order valence-electron chi connectivity index (χ1n) is 11.0. The number of rotatable bonds is 9. The fourth-order valence-electron chi connectivity index (χ4n) is 3.87. The van der Waals surface area contributed by atoms with Crippen LogP contribution < -0.4 is 4.74 Å². The van der Waals surface area contributed by atoms with Gasteiger partial charge in [0.1, 0.15) is 11.5 Å². The van der Waals surface area contributed by atoms with Gasteiger partial charge in [-0.05, 0) is 49.9 Å². The van der Waals surface area contributed by atoms with E-state index in [9.17, 15) is 14.7 Å². The summed E-state index contributed by atoms with van der Waals surface area (Å²) in [6.07, 6.45) is 1.57. The number of ketones is 1. The van der Waals surface area contributed by atoms with Crippen LogP contribution in [0.1, 0.15) is 49.9 Å². The highest BCUT2D eigenvalue weighted by Gasteiger charge is 2.45. The van der Waals surface area contributed by atoms with Gasteiger partial charge in [-0.15, -0.1) is 0 Å². The molecule has 1 saturated heterocycles. The quantitative estimate of drug-likeness (QED) is 0.271. The maximum Gasteiger partial charge on any atom is 0.295 e. The Morgan fingerprint density at radius 3 is 2.47 bits per heavy atom. The standard InChI is InChI=1S/C26H31NO5/c1-5-18-10-12-19(13-11-18)23-22(24(28)20-8-6-9-21(16-20)31-4)25(29)26(30)27(23)14-7-15-32-17(2)3/h6,8-13,16-17,23,28H,5,7,14-15H2,1-4H3/t23-/m1/s1. The van der Waals surface area contributed by atoms with Crippen molar-refractivity contribution in [1.82, 2.24) is 4.90 Å². The van der Waals surface area contributed by atoms with Crippen molar-refractivity contribution in [2.24, 2.45) is 0 Å². The lowest BCUT2D eigenvalue weighted by atomic mass is 9.94. The third kappa shape index (κ3) is 5.02. The number of likely N-dealkylation sites (tertiary alicyclic amines) is 1. The molecule has 0 unspecified atom stereocenters. The molecule has 1 heterocycles. The van der Waals surface area contributed by atoms with Gasteiger partial charge in [-0.25, -0.2) is 0 Å². The molecule has 1 atom stereocenters. The predicted octanol–water partition coefficient (Wildman–Crippen LogP) is 4.49. The number of methoxy groups -OCH3 is 1. The SMILES string of the molecule is CCc1ccc([C@@H]2C(=C(O)c3cccc(OC)c3)C(=O)C(=O)N2CCCOC(C)C)cc1. The highest BCUT2D eigenvalue weighted by molar-refractivity contribution is 6.46. The Hall–Kier alpha value is -3.12. The number of Topliss-reactive ketones (excluding diaryl/α,β-unsaturated/α-hetero) is 1. The third-order valence-electron chi connectivity index (χ3n) is 5.58. The minimum absolute atomic E-state index is 0.0934. The topological polar surface area (TPSA) is 76.1 Å². The van der Waals surface area contributed by atoms with Crippen LogP contribution in [0.25, 0.3) is 5.76 Å². The maximum absolute atomic E-state index is 13.1. The summed E-state index contributed by atoms with van der Waals surface area (Å²) in [5.74, 6) is -0.936. The zero-order valence-electron chi connectivity index (χ0n) is 19.1. The first kappa shape index (κ1) is 23.5. The smallest absolute Gasteiger partial charge is 0.295 e. The van der Waals surface area contributed by atoms with Crippen molar-refractivity contribution in [1.29, 1.82) is 0 Å². The average Bonchev–Trinajstić information content (AvgIpc) is 3.06. The first-order chi connectivity index (χ1) is 15.4. The lowest BCUT2D eigenvalue weighted by Crippen LogP contribution is -2.31. The van der Waals surface area contributed by atoms with Gasteiger partial charge < -0.3 is 19.5 Å². The summed E-state index contributed by atoms with van der Waals surface area (Å²) in [7, 11) is 1.53. The summed E-state index contributed by atoms with van der Waals surface area (Å²) in [6.45, 7) is 6.81. The number of aliphatic hydroxyl groups excluding tert-OH is 1. The van der Waals surface area contributed by atoms with Crippen LogP contribution in [0.15, 0.2) is 54.1 Å². The second-order valence-corrected chi connectivity index (χ2v) is 8.09. The van der Waals surface area contributed by atoms with E-state index in [0.717, 1.165) is 17.5 Å². The molecule has 1 N–H and O–H groups in total. The zero-order chi connectivity index (χ0) is 23.3. The van der Waals surface area contributed by atoms with Gasteiger partial charge in [0, 0.05) is 18.7 Å². The fourth-order valence-corrected chi connectivity index (χ4v) is 3.87. The van der Waals surface area contributed by atoms with Gasteiger partial charge >= 0.3 is 0 Å². The van der Waals surface area contributed by atoms with Crippen molar-refractivity contribution in [3.8, 4) is 5.75 Å². The van der Waals surface area contributed by atoms with Crippen LogP contribution in [0.5, 0.6) is 5.75 Å². The van der Waals surface area contributed by atoms with Crippen molar-refractivity contribution in [2.45, 2.75) is 45.8 Å². The number of hydrogen-bond acceptors (Lipinski definition) is 5. The Morgan fingerprint density at radius 2 is 1.84 bits per heavy atom. The van der Waals surface area contributed by atoms with E-state index in [0.29, 0.717) is 30.9 Å². The largest absolute Gasteiger partial charge is 0.507 e. The minimum atomic E-state index is -0.681. The Morgan fingerprint density at radius 1 is 1.12 bits per heavy atom. The molecule has 1 aliphatic rings. The van der Waals surface area contributed by atoms with Gasteiger partial charge in [0.15, 0.2) is 0 Å². The third-order valence-corrected chi connectivity index (χ3v) is 5.58. The van der Waals surface area contributed by atoms with E-state index in [1.54, 1.807) is 29.2 Å². The number of nitrogens with zero attached hydrogens (tertiary/aromatic N) is 1. The lowest BCUT2D eigenvalue weighted by molar-refractivity contribution is -0.140. The molecule has 6 heteroatoms. The molecule has 170 valence electrons. The number of aliphatic hydroxyl groups is 1. The molecule has 6 nitrogen and oxygen atoms in total. The molecule has 2 aromatic rings. The van der Waals surface area contributed by atoms with E-state index in [-0.39, 0.29) is 17.4 Å². The van der Waals surface area contributed by atoms with Crippen molar-refractivity contribution in [3.05, 3.63) is 70.8 Å². The Labute approximate surface area is 189 Å². The van der Waals surface area contributed by atoms with Crippen LogP contribution in [0.3, 0.4) is 0 Å². The van der Waals surface area contributed by atoms with Crippen molar-refractivity contribution in [3.63, 3.8) is 0 Å². The first-order valence-corrected chi connectivity index (χ1v) is 11.0. The molecule has 1 amide bonds. The van der Waals surface area contributed by atoms with E-state index in [1.165, 1.54) is 7.11 Å². The zero-order valence-corrected chi connectivity index (χ0v) is 19.1. The van der Waals surface area contributed by atoms with Crippen LogP contribution in [-0.2, 0) is 20.7 Å². The molecular formula is C26H31NO5.